The highest BCUT2D eigenvalue weighted by molar-refractivity contribution is 7.99. The molecule has 0 aliphatic heterocycles. The quantitative estimate of drug-likeness (QED) is 0.571. The number of thioether (sulfide) groups is 1. The van der Waals surface area contributed by atoms with Crippen molar-refractivity contribution in [3.63, 3.8) is 0 Å². The predicted octanol–water partition coefficient (Wildman–Crippen LogP) is 1.50. The number of hydrogen-bond donors (Lipinski definition) is 1. The van der Waals surface area contributed by atoms with E-state index >= 15 is 0 Å². The van der Waals surface area contributed by atoms with E-state index in [1.165, 1.54) is 25.0 Å². The van der Waals surface area contributed by atoms with Gasteiger partial charge in [-0.2, -0.15) is 11.8 Å². The van der Waals surface area contributed by atoms with E-state index in [1.54, 1.807) is 7.11 Å². The van der Waals surface area contributed by atoms with Gasteiger partial charge in [0.2, 0.25) is 0 Å². The molecule has 0 aromatic heterocycles. The van der Waals surface area contributed by atoms with Crippen LogP contribution in [0.25, 0.3) is 0 Å². The first kappa shape index (κ1) is 11.3. The summed E-state index contributed by atoms with van der Waals surface area (Å²) in [6.45, 7) is 1.71. The normalized spacial score (nSPS) is 10.4. The molecule has 0 heterocycles. The van der Waals surface area contributed by atoms with Crippen molar-refractivity contribution in [2.45, 2.75) is 19.3 Å². The molecule has 0 fully saturated rings. The largest absolute Gasteiger partial charge is 0.384 e. The molecule has 11 heavy (non-hydrogen) atoms. The fourth-order valence-corrected chi connectivity index (χ4v) is 1.67. The van der Waals surface area contributed by atoms with Crippen LogP contribution in [-0.4, -0.2) is 31.8 Å². The number of hydrogen-bond acceptors (Lipinski definition) is 3. The van der Waals surface area contributed by atoms with Gasteiger partial charge in [0.05, 0.1) is 6.61 Å². The number of methoxy groups -OCH3 is 1. The maximum atomic E-state index is 5.36. The Hall–Kier alpha value is 0.270. The molecule has 0 amide bonds. The first-order valence-electron chi connectivity index (χ1n) is 4.18. The monoisotopic (exact) mass is 177 g/mol. The van der Waals surface area contributed by atoms with Crippen LogP contribution in [0.5, 0.6) is 0 Å². The van der Waals surface area contributed by atoms with Gasteiger partial charge in [0.25, 0.3) is 0 Å². The maximum absolute atomic E-state index is 5.36. The van der Waals surface area contributed by atoms with E-state index < -0.39 is 0 Å². The number of ether oxygens (including phenoxy) is 1. The maximum Gasteiger partial charge on any atom is 0.0552 e. The van der Waals surface area contributed by atoms with Crippen molar-refractivity contribution in [2.24, 2.45) is 5.73 Å². The Labute approximate surface area is 73.9 Å². The molecule has 3 heteroatoms. The van der Waals surface area contributed by atoms with Crippen LogP contribution in [0, 0.1) is 0 Å². The van der Waals surface area contributed by atoms with Gasteiger partial charge in [-0.05, 0) is 25.1 Å². The molecule has 0 saturated heterocycles. The van der Waals surface area contributed by atoms with Gasteiger partial charge in [-0.3, -0.25) is 0 Å². The van der Waals surface area contributed by atoms with Crippen molar-refractivity contribution in [1.82, 2.24) is 0 Å². The Morgan fingerprint density at radius 1 is 1.18 bits per heavy atom. The lowest BCUT2D eigenvalue weighted by atomic mass is 10.2. The van der Waals surface area contributed by atoms with Crippen molar-refractivity contribution >= 4 is 11.8 Å². The Morgan fingerprint density at radius 3 is 2.64 bits per heavy atom. The molecule has 0 rings (SSSR count). The zero-order valence-electron chi connectivity index (χ0n) is 7.34. The van der Waals surface area contributed by atoms with E-state index in [2.05, 4.69) is 0 Å². The van der Waals surface area contributed by atoms with Gasteiger partial charge in [0, 0.05) is 12.9 Å². The van der Waals surface area contributed by atoms with Crippen LogP contribution in [-0.2, 0) is 4.74 Å². The third-order valence-corrected chi connectivity index (χ3v) is 2.46. The molecule has 0 saturated carbocycles. The Bertz CT molecular complexity index is 63.1. The summed E-state index contributed by atoms with van der Waals surface area (Å²) in [6.07, 6.45) is 3.74. The molecule has 0 unspecified atom stereocenters. The minimum atomic E-state index is 0.836. The van der Waals surface area contributed by atoms with E-state index in [0.717, 1.165) is 18.9 Å². The summed E-state index contributed by atoms with van der Waals surface area (Å²) in [6, 6.07) is 0. The van der Waals surface area contributed by atoms with Crippen LogP contribution in [0.2, 0.25) is 0 Å². The smallest absolute Gasteiger partial charge is 0.0552 e. The molecule has 0 bridgehead atoms. The molecular formula is C8H19NOS. The van der Waals surface area contributed by atoms with Crippen molar-refractivity contribution in [3.8, 4) is 0 Å². The van der Waals surface area contributed by atoms with E-state index in [1.807, 2.05) is 11.8 Å². The second-order valence-electron chi connectivity index (χ2n) is 2.45. The average molecular weight is 177 g/mol. The standard InChI is InChI=1S/C8H19NOS/c1-10-6-8-11-7-4-2-3-5-9/h2-9H2,1H3. The molecule has 2 nitrogen and oxygen atoms in total. The summed E-state index contributed by atoms with van der Waals surface area (Å²) < 4.78 is 4.93. The minimum absolute atomic E-state index is 0.836. The molecule has 0 spiro atoms. The van der Waals surface area contributed by atoms with Crippen LogP contribution in [0.15, 0.2) is 0 Å². The van der Waals surface area contributed by atoms with Gasteiger partial charge >= 0.3 is 0 Å². The lowest BCUT2D eigenvalue weighted by molar-refractivity contribution is 0.218. The summed E-state index contributed by atoms with van der Waals surface area (Å²) in [4.78, 5) is 0. The molecule has 0 radical (unpaired) electrons. The lowest BCUT2D eigenvalue weighted by Gasteiger charge is -1.99. The average Bonchev–Trinajstić information content (AvgIpc) is 2.03. The van der Waals surface area contributed by atoms with E-state index in [-0.39, 0.29) is 0 Å². The van der Waals surface area contributed by atoms with Gasteiger partial charge in [-0.15, -0.1) is 0 Å². The van der Waals surface area contributed by atoms with Gasteiger partial charge in [-0.25, -0.2) is 0 Å². The van der Waals surface area contributed by atoms with Crippen LogP contribution >= 0.6 is 11.8 Å². The van der Waals surface area contributed by atoms with E-state index in [9.17, 15) is 0 Å². The van der Waals surface area contributed by atoms with Crippen LogP contribution in [0.3, 0.4) is 0 Å². The Kier molecular flexibility index (Phi) is 10.5. The van der Waals surface area contributed by atoms with Crippen molar-refractivity contribution < 1.29 is 4.74 Å². The number of unbranched alkanes of at least 4 members (excludes halogenated alkanes) is 2. The fraction of sp³-hybridized carbons (Fsp3) is 1.00. The molecule has 0 atom stereocenters. The molecule has 0 aromatic rings. The van der Waals surface area contributed by atoms with E-state index in [4.69, 9.17) is 10.5 Å². The first-order valence-corrected chi connectivity index (χ1v) is 5.34. The zero-order chi connectivity index (χ0) is 8.36. The van der Waals surface area contributed by atoms with Gasteiger partial charge < -0.3 is 10.5 Å². The van der Waals surface area contributed by atoms with E-state index in [0.29, 0.717) is 0 Å². The minimum Gasteiger partial charge on any atom is -0.384 e. The van der Waals surface area contributed by atoms with Crippen LogP contribution in [0.1, 0.15) is 19.3 Å². The summed E-state index contributed by atoms with van der Waals surface area (Å²) >= 11 is 1.96. The number of rotatable bonds is 8. The second-order valence-corrected chi connectivity index (χ2v) is 3.68. The summed E-state index contributed by atoms with van der Waals surface area (Å²) in [7, 11) is 1.75. The Morgan fingerprint density at radius 2 is 2.00 bits per heavy atom. The molecule has 2 N–H and O–H groups in total. The highest BCUT2D eigenvalue weighted by Gasteiger charge is 1.89. The summed E-state index contributed by atoms with van der Waals surface area (Å²) in [5.41, 5.74) is 5.36. The molecular weight excluding hydrogens is 158 g/mol. The topological polar surface area (TPSA) is 35.2 Å². The number of nitrogens with two attached hydrogens (primary N) is 1. The SMILES string of the molecule is COCCSCCCCCN. The lowest BCUT2D eigenvalue weighted by Crippen LogP contribution is -1.98. The molecule has 0 aliphatic carbocycles. The zero-order valence-corrected chi connectivity index (χ0v) is 8.16. The summed E-state index contributed by atoms with van der Waals surface area (Å²) in [5, 5.41) is 0. The third kappa shape index (κ3) is 10.3. The van der Waals surface area contributed by atoms with Crippen molar-refractivity contribution in [2.75, 3.05) is 31.8 Å². The van der Waals surface area contributed by atoms with Crippen molar-refractivity contribution in [3.05, 3.63) is 0 Å². The second kappa shape index (κ2) is 10.3. The Balaban J connectivity index is 2.69. The van der Waals surface area contributed by atoms with Gasteiger partial charge in [0.15, 0.2) is 0 Å². The highest BCUT2D eigenvalue weighted by Crippen LogP contribution is 2.05. The fourth-order valence-electron chi connectivity index (χ4n) is 0.770. The predicted molar refractivity (Wildman–Crippen MR) is 52.1 cm³/mol. The molecule has 0 aliphatic rings. The van der Waals surface area contributed by atoms with Gasteiger partial charge in [0.1, 0.15) is 0 Å². The van der Waals surface area contributed by atoms with Crippen molar-refractivity contribution in [1.29, 1.82) is 0 Å². The molecule has 68 valence electrons. The van der Waals surface area contributed by atoms with Crippen LogP contribution in [0.4, 0.5) is 0 Å². The summed E-state index contributed by atoms with van der Waals surface area (Å²) in [5.74, 6) is 2.38. The van der Waals surface area contributed by atoms with Gasteiger partial charge in [-0.1, -0.05) is 6.42 Å². The van der Waals surface area contributed by atoms with Crippen LogP contribution < -0.4 is 5.73 Å². The first-order chi connectivity index (χ1) is 5.41. The highest BCUT2D eigenvalue weighted by atomic mass is 32.2. The molecule has 0 aromatic carbocycles. The third-order valence-electron chi connectivity index (χ3n) is 1.42.